The molecule has 0 saturated carbocycles. The molecule has 0 aromatic carbocycles. The molecule has 2 rings (SSSR count). The highest BCUT2D eigenvalue weighted by atomic mass is 15.3. The summed E-state index contributed by atoms with van der Waals surface area (Å²) >= 11 is 0. The number of likely N-dealkylation sites (tertiary alicyclic amines) is 1. The van der Waals surface area contributed by atoms with Gasteiger partial charge >= 0.3 is 0 Å². The quantitative estimate of drug-likeness (QED) is 0.820. The standard InChI is InChI=1S/C12H22N4/c1-15-6-3-4-11(10-15)8-13-9-12-5-7-16(2)14-12/h5,7,11,13H,3-4,6,8-10H2,1-2H3. The van der Waals surface area contributed by atoms with Crippen molar-refractivity contribution in [3.05, 3.63) is 18.0 Å². The van der Waals surface area contributed by atoms with Crippen LogP contribution >= 0.6 is 0 Å². The topological polar surface area (TPSA) is 33.1 Å². The molecule has 0 amide bonds. The molecule has 1 unspecified atom stereocenters. The molecule has 1 atom stereocenters. The van der Waals surface area contributed by atoms with E-state index in [0.717, 1.165) is 24.7 Å². The van der Waals surface area contributed by atoms with Crippen molar-refractivity contribution in [2.45, 2.75) is 19.4 Å². The lowest BCUT2D eigenvalue weighted by atomic mass is 9.98. The van der Waals surface area contributed by atoms with Crippen LogP contribution < -0.4 is 5.32 Å². The molecule has 0 bridgehead atoms. The van der Waals surface area contributed by atoms with Crippen molar-refractivity contribution in [2.75, 3.05) is 26.7 Å². The van der Waals surface area contributed by atoms with Gasteiger partial charge in [-0.3, -0.25) is 4.68 Å². The number of nitrogens with zero attached hydrogens (tertiary/aromatic N) is 3. The number of aryl methyl sites for hydroxylation is 1. The number of rotatable bonds is 4. The summed E-state index contributed by atoms with van der Waals surface area (Å²) in [7, 11) is 4.17. The minimum absolute atomic E-state index is 0.808. The van der Waals surface area contributed by atoms with Crippen molar-refractivity contribution in [2.24, 2.45) is 13.0 Å². The van der Waals surface area contributed by atoms with E-state index in [4.69, 9.17) is 0 Å². The Hall–Kier alpha value is -0.870. The summed E-state index contributed by atoms with van der Waals surface area (Å²) in [5.41, 5.74) is 1.13. The second-order valence-corrected chi connectivity index (χ2v) is 4.88. The van der Waals surface area contributed by atoms with Crippen LogP contribution in [0.3, 0.4) is 0 Å². The molecule has 1 saturated heterocycles. The summed E-state index contributed by atoms with van der Waals surface area (Å²) in [4.78, 5) is 2.43. The number of nitrogens with one attached hydrogen (secondary N) is 1. The summed E-state index contributed by atoms with van der Waals surface area (Å²) in [6.45, 7) is 4.49. The van der Waals surface area contributed by atoms with E-state index in [1.54, 1.807) is 0 Å². The number of hydrogen-bond donors (Lipinski definition) is 1. The fraction of sp³-hybridized carbons (Fsp3) is 0.750. The zero-order valence-corrected chi connectivity index (χ0v) is 10.3. The van der Waals surface area contributed by atoms with Crippen LogP contribution in [0.1, 0.15) is 18.5 Å². The molecule has 1 aromatic heterocycles. The predicted molar refractivity (Wildman–Crippen MR) is 65.1 cm³/mol. The van der Waals surface area contributed by atoms with E-state index in [-0.39, 0.29) is 0 Å². The monoisotopic (exact) mass is 222 g/mol. The van der Waals surface area contributed by atoms with Crippen LogP contribution in [-0.4, -0.2) is 41.4 Å². The highest BCUT2D eigenvalue weighted by Crippen LogP contribution is 2.13. The lowest BCUT2D eigenvalue weighted by molar-refractivity contribution is 0.206. The van der Waals surface area contributed by atoms with Gasteiger partial charge in [-0.1, -0.05) is 0 Å². The van der Waals surface area contributed by atoms with Gasteiger partial charge < -0.3 is 10.2 Å². The summed E-state index contributed by atoms with van der Waals surface area (Å²) < 4.78 is 1.85. The van der Waals surface area contributed by atoms with Crippen LogP contribution in [0.4, 0.5) is 0 Å². The van der Waals surface area contributed by atoms with Gasteiger partial charge in [0.15, 0.2) is 0 Å². The smallest absolute Gasteiger partial charge is 0.0762 e. The first-order chi connectivity index (χ1) is 7.74. The van der Waals surface area contributed by atoms with Crippen molar-refractivity contribution in [3.8, 4) is 0 Å². The lowest BCUT2D eigenvalue weighted by Crippen LogP contribution is -2.37. The summed E-state index contributed by atoms with van der Waals surface area (Å²) in [5, 5.41) is 7.85. The minimum atomic E-state index is 0.808. The van der Waals surface area contributed by atoms with Crippen LogP contribution in [0.25, 0.3) is 0 Å². The third-order valence-corrected chi connectivity index (χ3v) is 3.23. The molecule has 0 aliphatic carbocycles. The first-order valence-corrected chi connectivity index (χ1v) is 6.12. The zero-order valence-electron chi connectivity index (χ0n) is 10.3. The second-order valence-electron chi connectivity index (χ2n) is 4.88. The number of piperidine rings is 1. The maximum atomic E-state index is 4.35. The predicted octanol–water partition coefficient (Wildman–Crippen LogP) is 0.851. The van der Waals surface area contributed by atoms with Crippen LogP contribution in [-0.2, 0) is 13.6 Å². The average Bonchev–Trinajstić information content (AvgIpc) is 2.64. The van der Waals surface area contributed by atoms with Gasteiger partial charge in [-0.25, -0.2) is 0 Å². The van der Waals surface area contributed by atoms with E-state index in [0.29, 0.717) is 0 Å². The average molecular weight is 222 g/mol. The Balaban J connectivity index is 1.67. The van der Waals surface area contributed by atoms with Crippen LogP contribution in [0, 0.1) is 5.92 Å². The van der Waals surface area contributed by atoms with E-state index in [1.807, 2.05) is 17.9 Å². The van der Waals surface area contributed by atoms with E-state index in [9.17, 15) is 0 Å². The van der Waals surface area contributed by atoms with Crippen molar-refractivity contribution in [3.63, 3.8) is 0 Å². The SMILES string of the molecule is CN1CCCC(CNCc2ccn(C)n2)C1. The molecule has 1 aromatic rings. The molecule has 1 aliphatic rings. The van der Waals surface area contributed by atoms with Gasteiger partial charge in [-0.15, -0.1) is 0 Å². The molecule has 4 nitrogen and oxygen atoms in total. The van der Waals surface area contributed by atoms with Crippen molar-refractivity contribution in [1.29, 1.82) is 0 Å². The van der Waals surface area contributed by atoms with E-state index < -0.39 is 0 Å². The minimum Gasteiger partial charge on any atom is -0.311 e. The van der Waals surface area contributed by atoms with Gasteiger partial charge in [0.05, 0.1) is 5.69 Å². The van der Waals surface area contributed by atoms with E-state index in [2.05, 4.69) is 28.4 Å². The maximum Gasteiger partial charge on any atom is 0.0762 e. The van der Waals surface area contributed by atoms with Gasteiger partial charge in [0, 0.05) is 26.3 Å². The highest BCUT2D eigenvalue weighted by Gasteiger charge is 2.16. The molecule has 1 N–H and O–H groups in total. The Morgan fingerprint density at radius 2 is 2.38 bits per heavy atom. The Kier molecular flexibility index (Phi) is 3.96. The third kappa shape index (κ3) is 3.32. The number of aromatic nitrogens is 2. The Labute approximate surface area is 97.6 Å². The van der Waals surface area contributed by atoms with E-state index in [1.165, 1.54) is 25.9 Å². The fourth-order valence-electron chi connectivity index (χ4n) is 2.40. The summed E-state index contributed by atoms with van der Waals surface area (Å²) in [6.07, 6.45) is 4.69. The van der Waals surface area contributed by atoms with Gasteiger partial charge in [-0.05, 0) is 45.0 Å². The molecule has 16 heavy (non-hydrogen) atoms. The van der Waals surface area contributed by atoms with Crippen LogP contribution in [0.15, 0.2) is 12.3 Å². The van der Waals surface area contributed by atoms with Crippen molar-refractivity contribution >= 4 is 0 Å². The van der Waals surface area contributed by atoms with Crippen LogP contribution in [0.5, 0.6) is 0 Å². The van der Waals surface area contributed by atoms with Gasteiger partial charge in [-0.2, -0.15) is 5.10 Å². The first kappa shape index (κ1) is 11.6. The van der Waals surface area contributed by atoms with Gasteiger partial charge in [0.2, 0.25) is 0 Å². The summed E-state index contributed by atoms with van der Waals surface area (Å²) in [5.74, 6) is 0.808. The maximum absolute atomic E-state index is 4.35. The van der Waals surface area contributed by atoms with Gasteiger partial charge in [0.1, 0.15) is 0 Å². The molecule has 4 heteroatoms. The molecular formula is C12H22N4. The molecule has 1 aliphatic heterocycles. The Morgan fingerprint density at radius 1 is 1.50 bits per heavy atom. The Morgan fingerprint density at radius 3 is 3.06 bits per heavy atom. The lowest BCUT2D eigenvalue weighted by Gasteiger charge is -2.29. The summed E-state index contributed by atoms with van der Waals surface area (Å²) in [6, 6.07) is 2.07. The molecule has 90 valence electrons. The zero-order chi connectivity index (χ0) is 11.4. The second kappa shape index (κ2) is 5.46. The van der Waals surface area contributed by atoms with Crippen LogP contribution in [0.2, 0.25) is 0 Å². The fourth-order valence-corrected chi connectivity index (χ4v) is 2.40. The Bertz CT molecular complexity index is 321. The van der Waals surface area contributed by atoms with Gasteiger partial charge in [0.25, 0.3) is 0 Å². The third-order valence-electron chi connectivity index (χ3n) is 3.23. The van der Waals surface area contributed by atoms with Crippen molar-refractivity contribution in [1.82, 2.24) is 20.0 Å². The largest absolute Gasteiger partial charge is 0.311 e. The van der Waals surface area contributed by atoms with E-state index >= 15 is 0 Å². The first-order valence-electron chi connectivity index (χ1n) is 6.12. The molecule has 0 spiro atoms. The molecule has 2 heterocycles. The molecular weight excluding hydrogens is 200 g/mol. The number of hydrogen-bond acceptors (Lipinski definition) is 3. The molecule has 1 fully saturated rings. The van der Waals surface area contributed by atoms with Crippen molar-refractivity contribution < 1.29 is 0 Å². The normalized spacial score (nSPS) is 22.5. The molecule has 0 radical (unpaired) electrons. The highest BCUT2D eigenvalue weighted by molar-refractivity contribution is 4.97.